The SMILES string of the molecule is Cc1c(F)cc(C(=O)Nc2cccc3c2C(=O)C2(CC=N3)CC2Cc2ccccc2OC(F)(F)F)cc1CF. The molecule has 202 valence electrons. The lowest BCUT2D eigenvalue weighted by Gasteiger charge is -2.18. The first-order valence-corrected chi connectivity index (χ1v) is 12.2. The van der Waals surface area contributed by atoms with E-state index in [0.29, 0.717) is 17.7 Å². The normalized spacial score (nSPS) is 19.9. The average Bonchev–Trinajstić information content (AvgIpc) is 3.61. The van der Waals surface area contributed by atoms with Gasteiger partial charge in [0.05, 0.1) is 16.9 Å². The fourth-order valence-electron chi connectivity index (χ4n) is 5.18. The van der Waals surface area contributed by atoms with E-state index in [1.54, 1.807) is 24.4 Å². The number of fused-ring (bicyclic) bond motifs is 1. The molecule has 0 aromatic heterocycles. The van der Waals surface area contributed by atoms with Gasteiger partial charge in [-0.3, -0.25) is 14.6 Å². The van der Waals surface area contributed by atoms with E-state index in [1.807, 2.05) is 0 Å². The smallest absolute Gasteiger partial charge is 0.406 e. The third-order valence-electron chi connectivity index (χ3n) is 7.41. The lowest BCUT2D eigenvalue weighted by molar-refractivity contribution is -0.274. The molecule has 1 heterocycles. The van der Waals surface area contributed by atoms with E-state index >= 15 is 0 Å². The number of anilines is 1. The fraction of sp³-hybridized carbons (Fsp3) is 0.276. The van der Waals surface area contributed by atoms with Gasteiger partial charge in [-0.1, -0.05) is 24.3 Å². The summed E-state index contributed by atoms with van der Waals surface area (Å²) in [6.07, 6.45) is -2.35. The van der Waals surface area contributed by atoms with Crippen molar-refractivity contribution in [3.05, 3.63) is 88.2 Å². The number of ketones is 1. The van der Waals surface area contributed by atoms with Gasteiger partial charge in [-0.05, 0) is 79.1 Å². The Labute approximate surface area is 220 Å². The highest BCUT2D eigenvalue weighted by atomic mass is 19.4. The van der Waals surface area contributed by atoms with E-state index in [-0.39, 0.29) is 58.2 Å². The molecule has 1 aliphatic carbocycles. The van der Waals surface area contributed by atoms with Crippen molar-refractivity contribution in [3.8, 4) is 5.75 Å². The minimum atomic E-state index is -4.85. The Hall–Kier alpha value is -4.08. The third-order valence-corrected chi connectivity index (χ3v) is 7.41. The monoisotopic (exact) mass is 542 g/mol. The summed E-state index contributed by atoms with van der Waals surface area (Å²) in [6, 6.07) is 12.8. The van der Waals surface area contributed by atoms with Crippen molar-refractivity contribution in [2.24, 2.45) is 16.3 Å². The van der Waals surface area contributed by atoms with E-state index < -0.39 is 30.2 Å². The van der Waals surface area contributed by atoms with Crippen LogP contribution in [0.4, 0.5) is 33.3 Å². The molecular formula is C29H23F5N2O3. The van der Waals surface area contributed by atoms with Gasteiger partial charge in [0.25, 0.3) is 5.91 Å². The molecule has 1 amide bonds. The standard InChI is InChI=1S/C29H23F5N2O3/c1-16-19(15-30)11-18(13-21(16)31)27(38)36-23-7-4-6-22-25(23)26(37)28(9-10-35-22)14-20(28)12-17-5-2-3-8-24(17)39-29(32,33)34/h2-8,10-11,13,20H,9,12,14-15H2,1H3,(H,36,38). The van der Waals surface area contributed by atoms with Crippen molar-refractivity contribution in [2.45, 2.75) is 39.2 Å². The van der Waals surface area contributed by atoms with Crippen molar-refractivity contribution >= 4 is 29.3 Å². The number of Topliss-reactive ketones (excluding diaryl/α,β-unsaturated/α-hetero) is 1. The number of carbonyl (C=O) groups is 2. The molecule has 10 heteroatoms. The second kappa shape index (κ2) is 9.91. The second-order valence-corrected chi connectivity index (χ2v) is 9.79. The maximum absolute atomic E-state index is 14.3. The zero-order valence-electron chi connectivity index (χ0n) is 20.7. The Morgan fingerprint density at radius 2 is 1.90 bits per heavy atom. The van der Waals surface area contributed by atoms with Crippen molar-refractivity contribution in [2.75, 3.05) is 5.32 Å². The number of amides is 1. The zero-order valence-corrected chi connectivity index (χ0v) is 20.7. The second-order valence-electron chi connectivity index (χ2n) is 9.79. The number of nitrogens with one attached hydrogen (secondary N) is 1. The first-order valence-electron chi connectivity index (χ1n) is 12.2. The van der Waals surface area contributed by atoms with Crippen molar-refractivity contribution < 1.29 is 36.3 Å². The molecule has 2 aliphatic rings. The number of alkyl halides is 4. The highest BCUT2D eigenvalue weighted by Crippen LogP contribution is 2.60. The Morgan fingerprint density at radius 3 is 2.64 bits per heavy atom. The summed E-state index contributed by atoms with van der Waals surface area (Å²) in [5.74, 6) is -2.32. The molecular weight excluding hydrogens is 519 g/mol. The van der Waals surface area contributed by atoms with E-state index in [1.165, 1.54) is 37.3 Å². The third kappa shape index (κ3) is 5.15. The van der Waals surface area contributed by atoms with Gasteiger partial charge in [0.15, 0.2) is 5.78 Å². The summed E-state index contributed by atoms with van der Waals surface area (Å²) in [5, 5.41) is 2.64. The quantitative estimate of drug-likeness (QED) is 0.333. The average molecular weight is 543 g/mol. The fourth-order valence-corrected chi connectivity index (χ4v) is 5.18. The Bertz CT molecular complexity index is 1500. The van der Waals surface area contributed by atoms with E-state index in [2.05, 4.69) is 15.0 Å². The van der Waals surface area contributed by atoms with Crippen molar-refractivity contribution in [3.63, 3.8) is 0 Å². The minimum absolute atomic E-state index is 0.0438. The molecule has 0 saturated heterocycles. The van der Waals surface area contributed by atoms with Crippen LogP contribution >= 0.6 is 0 Å². The van der Waals surface area contributed by atoms with Crippen LogP contribution in [0.1, 0.15) is 50.2 Å². The molecule has 5 rings (SSSR count). The molecule has 3 aromatic carbocycles. The molecule has 3 aromatic rings. The molecule has 1 saturated carbocycles. The summed E-state index contributed by atoms with van der Waals surface area (Å²) in [6.45, 7) is 0.470. The maximum Gasteiger partial charge on any atom is 0.573 e. The van der Waals surface area contributed by atoms with Gasteiger partial charge in [-0.25, -0.2) is 8.78 Å². The Morgan fingerprint density at radius 1 is 1.13 bits per heavy atom. The summed E-state index contributed by atoms with van der Waals surface area (Å²) in [5.41, 5.74) is 0.137. The first-order chi connectivity index (χ1) is 18.5. The summed E-state index contributed by atoms with van der Waals surface area (Å²) >= 11 is 0. The molecule has 0 radical (unpaired) electrons. The molecule has 2 atom stereocenters. The van der Waals surface area contributed by atoms with Crippen LogP contribution in [0.3, 0.4) is 0 Å². The molecule has 0 bridgehead atoms. The predicted octanol–water partition coefficient (Wildman–Crippen LogP) is 7.29. The number of hydrogen-bond donors (Lipinski definition) is 1. The molecule has 2 unspecified atom stereocenters. The van der Waals surface area contributed by atoms with Crippen LogP contribution < -0.4 is 10.1 Å². The zero-order chi connectivity index (χ0) is 27.9. The largest absolute Gasteiger partial charge is 0.573 e. The van der Waals surface area contributed by atoms with E-state index in [9.17, 15) is 31.5 Å². The van der Waals surface area contributed by atoms with Gasteiger partial charge >= 0.3 is 6.36 Å². The van der Waals surface area contributed by atoms with Crippen LogP contribution in [0.2, 0.25) is 0 Å². The number of carbonyl (C=O) groups excluding carboxylic acids is 2. The molecule has 1 N–H and O–H groups in total. The number of nitrogens with zero attached hydrogens (tertiary/aromatic N) is 1. The first kappa shape index (κ1) is 26.5. The van der Waals surface area contributed by atoms with Gasteiger partial charge in [0.1, 0.15) is 18.2 Å². The Kier molecular flexibility index (Phi) is 6.74. The van der Waals surface area contributed by atoms with Gasteiger partial charge in [0, 0.05) is 17.2 Å². The van der Waals surface area contributed by atoms with E-state index in [0.717, 1.165) is 6.07 Å². The van der Waals surface area contributed by atoms with Crippen LogP contribution in [0, 0.1) is 24.1 Å². The van der Waals surface area contributed by atoms with Crippen molar-refractivity contribution in [1.29, 1.82) is 0 Å². The van der Waals surface area contributed by atoms with E-state index in [4.69, 9.17) is 0 Å². The van der Waals surface area contributed by atoms with Crippen LogP contribution in [-0.2, 0) is 13.1 Å². The van der Waals surface area contributed by atoms with Crippen LogP contribution in [0.25, 0.3) is 0 Å². The molecule has 1 fully saturated rings. The maximum atomic E-state index is 14.3. The molecule has 5 nitrogen and oxygen atoms in total. The van der Waals surface area contributed by atoms with Gasteiger partial charge in [0.2, 0.25) is 0 Å². The summed E-state index contributed by atoms with van der Waals surface area (Å²) in [7, 11) is 0. The van der Waals surface area contributed by atoms with Crippen LogP contribution in [0.15, 0.2) is 59.6 Å². The number of benzene rings is 3. The highest BCUT2D eigenvalue weighted by molar-refractivity contribution is 6.16. The number of rotatable bonds is 6. The predicted molar refractivity (Wildman–Crippen MR) is 135 cm³/mol. The lowest BCUT2D eigenvalue weighted by atomic mass is 9.87. The summed E-state index contributed by atoms with van der Waals surface area (Å²) < 4.78 is 70.4. The molecule has 1 spiro atoms. The Balaban J connectivity index is 1.42. The number of ether oxygens (including phenoxy) is 1. The number of hydrogen-bond acceptors (Lipinski definition) is 4. The van der Waals surface area contributed by atoms with Crippen molar-refractivity contribution in [1.82, 2.24) is 0 Å². The minimum Gasteiger partial charge on any atom is -0.406 e. The number of halogens is 5. The molecule has 39 heavy (non-hydrogen) atoms. The topological polar surface area (TPSA) is 67.8 Å². The number of aliphatic imine (C=N–C) groups is 1. The van der Waals surface area contributed by atoms with Gasteiger partial charge in [-0.2, -0.15) is 0 Å². The van der Waals surface area contributed by atoms with Crippen LogP contribution in [0.5, 0.6) is 5.75 Å². The van der Waals surface area contributed by atoms with Gasteiger partial charge < -0.3 is 10.1 Å². The van der Waals surface area contributed by atoms with Gasteiger partial charge in [-0.15, -0.1) is 13.2 Å². The number of para-hydroxylation sites is 1. The summed E-state index contributed by atoms with van der Waals surface area (Å²) in [4.78, 5) is 31.3. The molecule has 1 aliphatic heterocycles. The van der Waals surface area contributed by atoms with Crippen LogP contribution in [-0.4, -0.2) is 24.3 Å². The highest BCUT2D eigenvalue weighted by Gasteiger charge is 2.60. The lowest BCUT2D eigenvalue weighted by Crippen LogP contribution is -2.22.